The Bertz CT molecular complexity index is 1020. The highest BCUT2D eigenvalue weighted by molar-refractivity contribution is 9.10. The molecule has 1 heterocycles. The summed E-state index contributed by atoms with van der Waals surface area (Å²) in [5, 5.41) is 0. The van der Waals surface area contributed by atoms with Crippen molar-refractivity contribution in [3.05, 3.63) is 106 Å². The zero-order valence-corrected chi connectivity index (χ0v) is 16.4. The molecule has 27 heavy (non-hydrogen) atoms. The molecule has 0 radical (unpaired) electrons. The summed E-state index contributed by atoms with van der Waals surface area (Å²) in [5.41, 5.74) is 12.1. The fraction of sp³-hybridized carbons (Fsp3) is 0.0870. The third kappa shape index (κ3) is 4.12. The molecule has 2 N–H and O–H groups in total. The summed E-state index contributed by atoms with van der Waals surface area (Å²) < 4.78 is 3.16. The lowest BCUT2D eigenvalue weighted by atomic mass is 10.0. The zero-order chi connectivity index (χ0) is 18.6. The van der Waals surface area contributed by atoms with Crippen LogP contribution in [0.1, 0.15) is 16.8 Å². The SMILES string of the molecule is Nc1ncc(Cc2ccc(Br)cc2)n1Cc1ccc(-c2ccccc2)cc1. The van der Waals surface area contributed by atoms with Crippen LogP contribution in [-0.4, -0.2) is 9.55 Å². The average Bonchev–Trinajstić information content (AvgIpc) is 3.04. The van der Waals surface area contributed by atoms with E-state index >= 15 is 0 Å². The lowest BCUT2D eigenvalue weighted by Gasteiger charge is -2.11. The van der Waals surface area contributed by atoms with Gasteiger partial charge in [-0.25, -0.2) is 4.98 Å². The van der Waals surface area contributed by atoms with Gasteiger partial charge < -0.3 is 10.3 Å². The van der Waals surface area contributed by atoms with Crippen molar-refractivity contribution >= 4 is 21.9 Å². The van der Waals surface area contributed by atoms with E-state index in [-0.39, 0.29) is 0 Å². The third-order valence-corrected chi connectivity index (χ3v) is 5.20. The summed E-state index contributed by atoms with van der Waals surface area (Å²) >= 11 is 3.48. The van der Waals surface area contributed by atoms with Gasteiger partial charge in [0, 0.05) is 16.6 Å². The number of hydrogen-bond acceptors (Lipinski definition) is 2. The maximum absolute atomic E-state index is 6.13. The Morgan fingerprint density at radius 2 is 1.41 bits per heavy atom. The first-order valence-corrected chi connectivity index (χ1v) is 9.67. The van der Waals surface area contributed by atoms with E-state index in [1.54, 1.807) is 0 Å². The first-order valence-electron chi connectivity index (χ1n) is 8.88. The number of benzene rings is 3. The third-order valence-electron chi connectivity index (χ3n) is 4.67. The fourth-order valence-electron chi connectivity index (χ4n) is 3.18. The Morgan fingerprint density at radius 1 is 0.778 bits per heavy atom. The van der Waals surface area contributed by atoms with Crippen LogP contribution in [0.15, 0.2) is 89.5 Å². The van der Waals surface area contributed by atoms with Crippen molar-refractivity contribution in [3.63, 3.8) is 0 Å². The van der Waals surface area contributed by atoms with Crippen molar-refractivity contribution in [1.82, 2.24) is 9.55 Å². The first-order chi connectivity index (χ1) is 13.2. The number of nitrogen functional groups attached to an aromatic ring is 1. The molecule has 134 valence electrons. The molecule has 4 aromatic rings. The van der Waals surface area contributed by atoms with E-state index < -0.39 is 0 Å². The summed E-state index contributed by atoms with van der Waals surface area (Å²) in [7, 11) is 0. The predicted molar refractivity (Wildman–Crippen MR) is 115 cm³/mol. The molecule has 0 bridgehead atoms. The molecule has 0 saturated heterocycles. The molecule has 0 atom stereocenters. The largest absolute Gasteiger partial charge is 0.369 e. The van der Waals surface area contributed by atoms with Gasteiger partial charge in [0.05, 0.1) is 12.7 Å². The van der Waals surface area contributed by atoms with Gasteiger partial charge in [-0.05, 0) is 34.4 Å². The Hall–Kier alpha value is -2.85. The molecule has 3 aromatic carbocycles. The Labute approximate surface area is 167 Å². The quantitative estimate of drug-likeness (QED) is 0.463. The Balaban J connectivity index is 1.54. The number of halogens is 1. The molecule has 4 rings (SSSR count). The summed E-state index contributed by atoms with van der Waals surface area (Å²) in [6.45, 7) is 0.715. The number of rotatable bonds is 5. The van der Waals surface area contributed by atoms with E-state index in [9.17, 15) is 0 Å². The molecule has 0 fully saturated rings. The second-order valence-electron chi connectivity index (χ2n) is 6.56. The van der Waals surface area contributed by atoms with Crippen LogP contribution >= 0.6 is 15.9 Å². The lowest BCUT2D eigenvalue weighted by Crippen LogP contribution is -2.08. The number of hydrogen-bond donors (Lipinski definition) is 1. The van der Waals surface area contributed by atoms with Gasteiger partial charge in [0.2, 0.25) is 5.95 Å². The summed E-state index contributed by atoms with van der Waals surface area (Å²) in [4.78, 5) is 4.32. The molecule has 0 saturated carbocycles. The van der Waals surface area contributed by atoms with E-state index in [0.717, 1.165) is 16.6 Å². The molecular weight excluding hydrogens is 398 g/mol. The van der Waals surface area contributed by atoms with Crippen LogP contribution in [0.3, 0.4) is 0 Å². The molecule has 4 heteroatoms. The van der Waals surface area contributed by atoms with E-state index in [1.807, 2.05) is 12.3 Å². The van der Waals surface area contributed by atoms with Gasteiger partial charge >= 0.3 is 0 Å². The van der Waals surface area contributed by atoms with Crippen molar-refractivity contribution in [3.8, 4) is 11.1 Å². The molecule has 0 unspecified atom stereocenters. The summed E-state index contributed by atoms with van der Waals surface area (Å²) in [5.74, 6) is 0.550. The molecule has 1 aromatic heterocycles. The molecule has 0 spiro atoms. The first kappa shape index (κ1) is 17.6. The summed E-state index contributed by atoms with van der Waals surface area (Å²) in [6, 6.07) is 27.4. The van der Waals surface area contributed by atoms with Crippen molar-refractivity contribution in [1.29, 1.82) is 0 Å². The molecule has 0 amide bonds. The molecule has 0 aliphatic carbocycles. The minimum Gasteiger partial charge on any atom is -0.369 e. The van der Waals surface area contributed by atoms with E-state index in [1.165, 1.54) is 22.3 Å². The number of imidazole rings is 1. The van der Waals surface area contributed by atoms with E-state index in [4.69, 9.17) is 5.73 Å². The number of anilines is 1. The monoisotopic (exact) mass is 417 g/mol. The molecule has 0 aliphatic rings. The van der Waals surface area contributed by atoms with Gasteiger partial charge in [0.25, 0.3) is 0 Å². The average molecular weight is 418 g/mol. The van der Waals surface area contributed by atoms with E-state index in [2.05, 4.69) is 98.3 Å². The van der Waals surface area contributed by atoms with Crippen molar-refractivity contribution in [2.24, 2.45) is 0 Å². The Kier molecular flexibility index (Phi) is 5.07. The molecular formula is C23H20BrN3. The van der Waals surface area contributed by atoms with Gasteiger partial charge in [-0.15, -0.1) is 0 Å². The van der Waals surface area contributed by atoms with Crippen LogP contribution in [0.5, 0.6) is 0 Å². The lowest BCUT2D eigenvalue weighted by molar-refractivity contribution is 0.765. The van der Waals surface area contributed by atoms with Gasteiger partial charge in [-0.3, -0.25) is 0 Å². The minimum atomic E-state index is 0.550. The van der Waals surface area contributed by atoms with Gasteiger partial charge in [-0.2, -0.15) is 0 Å². The maximum atomic E-state index is 6.13. The zero-order valence-electron chi connectivity index (χ0n) is 14.8. The van der Waals surface area contributed by atoms with E-state index in [0.29, 0.717) is 12.5 Å². The number of nitrogens with zero attached hydrogens (tertiary/aromatic N) is 2. The van der Waals surface area contributed by atoms with Gasteiger partial charge in [0.1, 0.15) is 0 Å². The van der Waals surface area contributed by atoms with Crippen LogP contribution < -0.4 is 5.73 Å². The highest BCUT2D eigenvalue weighted by Crippen LogP contribution is 2.21. The van der Waals surface area contributed by atoms with Crippen LogP contribution in [-0.2, 0) is 13.0 Å². The standard InChI is InChI=1S/C23H20BrN3/c24-21-12-8-17(9-13-21)14-22-15-26-23(25)27(22)16-18-6-10-20(11-7-18)19-4-2-1-3-5-19/h1-13,15H,14,16H2,(H2,25,26). The number of nitrogens with two attached hydrogens (primary N) is 1. The molecule has 3 nitrogen and oxygen atoms in total. The smallest absolute Gasteiger partial charge is 0.200 e. The van der Waals surface area contributed by atoms with Crippen LogP contribution in [0, 0.1) is 0 Å². The normalized spacial score (nSPS) is 10.9. The van der Waals surface area contributed by atoms with Gasteiger partial charge in [0.15, 0.2) is 0 Å². The van der Waals surface area contributed by atoms with Crippen LogP contribution in [0.25, 0.3) is 11.1 Å². The topological polar surface area (TPSA) is 43.8 Å². The molecule has 0 aliphatic heterocycles. The fourth-order valence-corrected chi connectivity index (χ4v) is 3.44. The van der Waals surface area contributed by atoms with Crippen molar-refractivity contribution < 1.29 is 0 Å². The second kappa shape index (κ2) is 7.80. The highest BCUT2D eigenvalue weighted by atomic mass is 79.9. The maximum Gasteiger partial charge on any atom is 0.200 e. The predicted octanol–water partition coefficient (Wildman–Crippen LogP) is 5.53. The van der Waals surface area contributed by atoms with Crippen LogP contribution in [0.2, 0.25) is 0 Å². The van der Waals surface area contributed by atoms with Gasteiger partial charge in [-0.1, -0.05) is 82.7 Å². The van der Waals surface area contributed by atoms with Crippen molar-refractivity contribution in [2.45, 2.75) is 13.0 Å². The summed E-state index contributed by atoms with van der Waals surface area (Å²) in [6.07, 6.45) is 2.68. The van der Waals surface area contributed by atoms with Crippen LogP contribution in [0.4, 0.5) is 5.95 Å². The second-order valence-corrected chi connectivity index (χ2v) is 7.48. The minimum absolute atomic E-state index is 0.550. The number of aromatic nitrogens is 2. The van der Waals surface area contributed by atoms with Crippen molar-refractivity contribution in [2.75, 3.05) is 5.73 Å². The highest BCUT2D eigenvalue weighted by Gasteiger charge is 2.09. The Morgan fingerprint density at radius 3 is 2.11 bits per heavy atom.